The second kappa shape index (κ2) is 14.8. The van der Waals surface area contributed by atoms with Crippen LogP contribution in [0.15, 0.2) is 115 Å². The minimum atomic E-state index is -0.336. The molecule has 2 amide bonds. The van der Waals surface area contributed by atoms with E-state index in [4.69, 9.17) is 5.73 Å². The number of likely N-dealkylation sites (N-methyl/N-ethyl adjacent to an activating group) is 1. The number of hydrogen-bond donors (Lipinski definition) is 2. The number of rotatable bonds is 11. The monoisotopic (exact) mass is 574 g/mol. The molecular weight excluding hydrogens is 532 g/mol. The van der Waals surface area contributed by atoms with Gasteiger partial charge in [0.05, 0.1) is 6.04 Å². The van der Waals surface area contributed by atoms with Crippen LogP contribution in [0.1, 0.15) is 46.7 Å². The van der Waals surface area contributed by atoms with Gasteiger partial charge in [0.25, 0.3) is 5.91 Å². The average Bonchev–Trinajstić information content (AvgIpc) is 3.21. The van der Waals surface area contributed by atoms with Crippen LogP contribution in [0, 0.1) is 0 Å². The second-order valence-electron chi connectivity index (χ2n) is 11.4. The number of nitrogens with one attached hydrogen (secondary N) is 1. The van der Waals surface area contributed by atoms with Gasteiger partial charge in [-0.25, -0.2) is 0 Å². The normalized spacial score (nSPS) is 17.1. The predicted octanol–water partition coefficient (Wildman–Crippen LogP) is 5.56. The maximum Gasteiger partial charge on any atom is 0.253 e. The Balaban J connectivity index is 1.29. The van der Waals surface area contributed by atoms with Gasteiger partial charge in [0.15, 0.2) is 0 Å². The molecular formula is C37H42N4O2. The molecule has 43 heavy (non-hydrogen) atoms. The van der Waals surface area contributed by atoms with Gasteiger partial charge in [-0.2, -0.15) is 0 Å². The van der Waals surface area contributed by atoms with E-state index in [1.165, 1.54) is 11.1 Å². The molecule has 4 aromatic carbocycles. The Hall–Kier alpha value is -4.26. The van der Waals surface area contributed by atoms with Crippen molar-refractivity contribution in [2.45, 2.75) is 37.3 Å². The van der Waals surface area contributed by atoms with Gasteiger partial charge in [-0.1, -0.05) is 103 Å². The zero-order valence-electron chi connectivity index (χ0n) is 24.9. The molecule has 1 fully saturated rings. The van der Waals surface area contributed by atoms with Crippen molar-refractivity contribution in [3.63, 3.8) is 0 Å². The number of amides is 2. The van der Waals surface area contributed by atoms with Gasteiger partial charge < -0.3 is 20.9 Å². The second-order valence-corrected chi connectivity index (χ2v) is 11.4. The van der Waals surface area contributed by atoms with Crippen molar-refractivity contribution in [2.75, 3.05) is 33.2 Å². The highest BCUT2D eigenvalue weighted by molar-refractivity contribution is 5.94. The number of nitrogens with zero attached hydrogens (tertiary/aromatic N) is 2. The van der Waals surface area contributed by atoms with Gasteiger partial charge >= 0.3 is 0 Å². The van der Waals surface area contributed by atoms with Crippen LogP contribution in [-0.4, -0.2) is 66.9 Å². The molecule has 4 aromatic rings. The molecule has 0 radical (unpaired) electrons. The van der Waals surface area contributed by atoms with Gasteiger partial charge in [0.1, 0.15) is 0 Å². The standard InChI is InChI=1S/C37H42N4O2/c1-40(36(42)32-21-19-29(20-22-32)28-12-5-2-6-13-28)26-33-23-25-41(37(43)35(39-33)18-11-24-38)27-34(30-14-7-3-8-15-30)31-16-9-4-10-17-31/h2-10,12-17,19-22,33-35,39H,11,18,23-27,38H2,1H3/t33-,35-/m0/s1. The fourth-order valence-electron chi connectivity index (χ4n) is 6.00. The van der Waals surface area contributed by atoms with Crippen molar-refractivity contribution in [1.29, 1.82) is 0 Å². The van der Waals surface area contributed by atoms with E-state index in [1.807, 2.05) is 66.5 Å². The molecule has 2 atom stereocenters. The van der Waals surface area contributed by atoms with Gasteiger partial charge in [-0.3, -0.25) is 9.59 Å². The summed E-state index contributed by atoms with van der Waals surface area (Å²) in [6.07, 6.45) is 2.18. The molecule has 1 aliphatic heterocycles. The predicted molar refractivity (Wildman–Crippen MR) is 174 cm³/mol. The van der Waals surface area contributed by atoms with E-state index in [-0.39, 0.29) is 29.8 Å². The fraction of sp³-hybridized carbons (Fsp3) is 0.297. The smallest absolute Gasteiger partial charge is 0.253 e. The van der Waals surface area contributed by atoms with Crippen LogP contribution in [0.2, 0.25) is 0 Å². The van der Waals surface area contributed by atoms with Crippen molar-refractivity contribution in [2.24, 2.45) is 5.73 Å². The van der Waals surface area contributed by atoms with Crippen LogP contribution in [0.4, 0.5) is 0 Å². The molecule has 0 unspecified atom stereocenters. The van der Waals surface area contributed by atoms with Gasteiger partial charge in [0, 0.05) is 44.2 Å². The maximum absolute atomic E-state index is 13.9. The molecule has 0 saturated carbocycles. The first-order valence-electron chi connectivity index (χ1n) is 15.3. The third kappa shape index (κ3) is 7.78. The Morgan fingerprint density at radius 3 is 2.00 bits per heavy atom. The molecule has 1 saturated heterocycles. The lowest BCUT2D eigenvalue weighted by Gasteiger charge is -2.29. The molecule has 1 heterocycles. The van der Waals surface area contributed by atoms with Crippen molar-refractivity contribution in [3.05, 3.63) is 132 Å². The summed E-state index contributed by atoms with van der Waals surface area (Å²) >= 11 is 0. The molecule has 6 nitrogen and oxygen atoms in total. The van der Waals surface area contributed by atoms with E-state index in [0.29, 0.717) is 38.2 Å². The van der Waals surface area contributed by atoms with Crippen LogP contribution >= 0.6 is 0 Å². The van der Waals surface area contributed by atoms with Crippen LogP contribution in [-0.2, 0) is 4.79 Å². The molecule has 0 aromatic heterocycles. The number of nitrogens with two attached hydrogens (primary N) is 1. The molecule has 3 N–H and O–H groups in total. The molecule has 0 bridgehead atoms. The summed E-state index contributed by atoms with van der Waals surface area (Å²) < 4.78 is 0. The van der Waals surface area contributed by atoms with Crippen molar-refractivity contribution >= 4 is 11.8 Å². The van der Waals surface area contributed by atoms with Gasteiger partial charge in [0.2, 0.25) is 5.91 Å². The van der Waals surface area contributed by atoms with E-state index >= 15 is 0 Å². The van der Waals surface area contributed by atoms with E-state index < -0.39 is 0 Å². The average molecular weight is 575 g/mol. The Bertz CT molecular complexity index is 1410. The minimum absolute atomic E-state index is 0.0128. The Labute approximate surface area is 255 Å². The van der Waals surface area contributed by atoms with Gasteiger partial charge in [-0.15, -0.1) is 0 Å². The van der Waals surface area contributed by atoms with Crippen LogP contribution in [0.25, 0.3) is 11.1 Å². The molecule has 5 rings (SSSR count). The van der Waals surface area contributed by atoms with Crippen LogP contribution < -0.4 is 11.1 Å². The van der Waals surface area contributed by atoms with Crippen molar-refractivity contribution in [1.82, 2.24) is 15.1 Å². The summed E-state index contributed by atoms with van der Waals surface area (Å²) in [7, 11) is 1.84. The first-order valence-corrected chi connectivity index (χ1v) is 15.3. The number of benzene rings is 4. The van der Waals surface area contributed by atoms with E-state index in [9.17, 15) is 9.59 Å². The van der Waals surface area contributed by atoms with Crippen LogP contribution in [0.5, 0.6) is 0 Å². The SMILES string of the molecule is CN(C[C@@H]1CCN(CC(c2ccccc2)c2ccccc2)C(=O)[C@H](CCCN)N1)C(=O)c1ccc(-c2ccccc2)cc1. The van der Waals surface area contributed by atoms with Crippen molar-refractivity contribution < 1.29 is 9.59 Å². The molecule has 0 aliphatic carbocycles. The topological polar surface area (TPSA) is 78.7 Å². The highest BCUT2D eigenvalue weighted by Crippen LogP contribution is 2.27. The Morgan fingerprint density at radius 1 is 0.860 bits per heavy atom. The molecule has 1 aliphatic rings. The van der Waals surface area contributed by atoms with E-state index in [1.54, 1.807) is 4.90 Å². The zero-order chi connectivity index (χ0) is 30.0. The molecule has 0 spiro atoms. The largest absolute Gasteiger partial charge is 0.340 e. The number of carbonyl (C=O) groups excluding carboxylic acids is 2. The van der Waals surface area contributed by atoms with Crippen LogP contribution in [0.3, 0.4) is 0 Å². The fourth-order valence-corrected chi connectivity index (χ4v) is 6.00. The summed E-state index contributed by atoms with van der Waals surface area (Å²) in [6.45, 7) is 2.27. The lowest BCUT2D eigenvalue weighted by molar-refractivity contribution is -0.133. The zero-order valence-corrected chi connectivity index (χ0v) is 24.9. The first-order chi connectivity index (χ1) is 21.0. The maximum atomic E-state index is 13.9. The highest BCUT2D eigenvalue weighted by Gasteiger charge is 2.33. The lowest BCUT2D eigenvalue weighted by atomic mass is 9.90. The van der Waals surface area contributed by atoms with Gasteiger partial charge in [-0.05, 0) is 60.2 Å². The minimum Gasteiger partial charge on any atom is -0.340 e. The summed E-state index contributed by atoms with van der Waals surface area (Å²) in [5.41, 5.74) is 11.1. The number of hydrogen-bond acceptors (Lipinski definition) is 4. The summed E-state index contributed by atoms with van der Waals surface area (Å²) in [4.78, 5) is 31.1. The van der Waals surface area contributed by atoms with E-state index in [2.05, 4.69) is 66.0 Å². The molecule has 222 valence electrons. The Kier molecular flexibility index (Phi) is 10.4. The van der Waals surface area contributed by atoms with Crippen molar-refractivity contribution in [3.8, 4) is 11.1 Å². The summed E-state index contributed by atoms with van der Waals surface area (Å²) in [5.74, 6) is 0.153. The quantitative estimate of drug-likeness (QED) is 0.246. The third-order valence-corrected chi connectivity index (χ3v) is 8.38. The molecule has 6 heteroatoms. The third-order valence-electron chi connectivity index (χ3n) is 8.38. The lowest BCUT2D eigenvalue weighted by Crippen LogP contribution is -2.49. The Morgan fingerprint density at radius 2 is 1.42 bits per heavy atom. The summed E-state index contributed by atoms with van der Waals surface area (Å²) in [6, 6.07) is 38.4. The van der Waals surface area contributed by atoms with E-state index in [0.717, 1.165) is 24.0 Å². The number of carbonyl (C=O) groups is 2. The highest BCUT2D eigenvalue weighted by atomic mass is 16.2. The summed E-state index contributed by atoms with van der Waals surface area (Å²) in [5, 5.41) is 3.61. The first kappa shape index (κ1) is 30.2.